The van der Waals surface area contributed by atoms with E-state index in [2.05, 4.69) is 38.1 Å². The summed E-state index contributed by atoms with van der Waals surface area (Å²) in [5.74, 6) is 0.120. The van der Waals surface area contributed by atoms with Crippen molar-refractivity contribution in [1.29, 1.82) is 0 Å². The van der Waals surface area contributed by atoms with Gasteiger partial charge in [-0.1, -0.05) is 59.7 Å². The van der Waals surface area contributed by atoms with Gasteiger partial charge in [0, 0.05) is 5.56 Å². The van der Waals surface area contributed by atoms with Gasteiger partial charge in [-0.25, -0.2) is 0 Å². The minimum Gasteiger partial charge on any atom is -0.295 e. The lowest BCUT2D eigenvalue weighted by molar-refractivity contribution is 0.101. The van der Waals surface area contributed by atoms with Gasteiger partial charge in [-0.05, 0) is 51.8 Å². The molecule has 0 amide bonds. The fourth-order valence-electron chi connectivity index (χ4n) is 2.07. The summed E-state index contributed by atoms with van der Waals surface area (Å²) in [6, 6.07) is 14.2. The van der Waals surface area contributed by atoms with Crippen LogP contribution in [0, 0.1) is 20.8 Å². The van der Waals surface area contributed by atoms with Crippen molar-refractivity contribution in [1.82, 2.24) is 0 Å². The molecule has 0 N–H and O–H groups in total. The summed E-state index contributed by atoms with van der Waals surface area (Å²) in [4.78, 5) is 11.0. The molecular weight excluding hydrogens is 256 g/mol. The van der Waals surface area contributed by atoms with Gasteiger partial charge in [0.05, 0.1) is 0 Å². The Balaban J connectivity index is 0.000000235. The highest BCUT2D eigenvalue weighted by atomic mass is 16.1. The summed E-state index contributed by atoms with van der Waals surface area (Å²) in [6.07, 6.45) is 4.04. The Kier molecular flexibility index (Phi) is 6.61. The minimum atomic E-state index is 0.120. The molecule has 0 atom stereocenters. The Morgan fingerprint density at radius 3 is 1.95 bits per heavy atom. The zero-order chi connectivity index (χ0) is 15.8. The summed E-state index contributed by atoms with van der Waals surface area (Å²) < 4.78 is 0. The number of carbonyl (C=O) groups is 1. The lowest BCUT2D eigenvalue weighted by atomic mass is 10.0. The van der Waals surface area contributed by atoms with E-state index in [0.717, 1.165) is 11.1 Å². The molecule has 21 heavy (non-hydrogen) atoms. The maximum atomic E-state index is 11.0. The lowest BCUT2D eigenvalue weighted by Gasteiger charge is -2.02. The van der Waals surface area contributed by atoms with Gasteiger partial charge < -0.3 is 0 Å². The second kappa shape index (κ2) is 8.21. The van der Waals surface area contributed by atoms with Crippen LogP contribution in [0.1, 0.15) is 46.5 Å². The summed E-state index contributed by atoms with van der Waals surface area (Å²) in [6.45, 7) is 9.80. The SMILES string of the molecule is C/C=C\c1ccc(C(C)=O)cc1C.Cc1cccc(C)c1. The van der Waals surface area contributed by atoms with E-state index in [1.165, 1.54) is 16.7 Å². The third kappa shape index (κ3) is 5.78. The van der Waals surface area contributed by atoms with Crippen LogP contribution in [0.3, 0.4) is 0 Å². The number of hydrogen-bond acceptors (Lipinski definition) is 1. The van der Waals surface area contributed by atoms with Crippen LogP contribution in [0.5, 0.6) is 0 Å². The van der Waals surface area contributed by atoms with Gasteiger partial charge in [-0.2, -0.15) is 0 Å². The molecule has 0 saturated carbocycles. The average Bonchev–Trinajstić information content (AvgIpc) is 2.41. The molecule has 0 saturated heterocycles. The van der Waals surface area contributed by atoms with Gasteiger partial charge in [-0.15, -0.1) is 0 Å². The number of benzene rings is 2. The topological polar surface area (TPSA) is 17.1 Å². The third-order valence-electron chi connectivity index (χ3n) is 3.20. The summed E-state index contributed by atoms with van der Waals surface area (Å²) >= 11 is 0. The molecule has 1 nitrogen and oxygen atoms in total. The van der Waals surface area contributed by atoms with Crippen molar-refractivity contribution in [3.05, 3.63) is 76.4 Å². The monoisotopic (exact) mass is 280 g/mol. The molecule has 0 heterocycles. The number of carbonyl (C=O) groups excluding carboxylic acids is 1. The molecule has 2 rings (SSSR count). The van der Waals surface area contributed by atoms with Crippen molar-refractivity contribution in [2.45, 2.75) is 34.6 Å². The number of allylic oxidation sites excluding steroid dienone is 1. The average molecular weight is 280 g/mol. The summed E-state index contributed by atoms with van der Waals surface area (Å²) in [7, 11) is 0. The lowest BCUT2D eigenvalue weighted by Crippen LogP contribution is -1.93. The largest absolute Gasteiger partial charge is 0.295 e. The molecule has 0 aliphatic heterocycles. The van der Waals surface area contributed by atoms with Crippen LogP contribution in [0.15, 0.2) is 48.5 Å². The van der Waals surface area contributed by atoms with E-state index in [1.54, 1.807) is 6.92 Å². The molecule has 0 unspecified atom stereocenters. The van der Waals surface area contributed by atoms with Gasteiger partial charge in [-0.3, -0.25) is 4.79 Å². The van der Waals surface area contributed by atoms with Crippen molar-refractivity contribution in [2.75, 3.05) is 0 Å². The van der Waals surface area contributed by atoms with E-state index >= 15 is 0 Å². The molecule has 0 aliphatic rings. The molecule has 0 aliphatic carbocycles. The molecule has 110 valence electrons. The molecule has 2 aromatic rings. The number of hydrogen-bond donors (Lipinski definition) is 0. The molecule has 0 fully saturated rings. The highest BCUT2D eigenvalue weighted by Crippen LogP contribution is 2.13. The molecule has 0 spiro atoms. The predicted octanol–water partition coefficient (Wildman–Crippen LogP) is 5.53. The number of aryl methyl sites for hydroxylation is 3. The molecule has 0 aromatic heterocycles. The van der Waals surface area contributed by atoms with Crippen molar-refractivity contribution in [2.24, 2.45) is 0 Å². The van der Waals surface area contributed by atoms with Crippen LogP contribution in [0.2, 0.25) is 0 Å². The number of ketones is 1. The Morgan fingerprint density at radius 1 is 0.952 bits per heavy atom. The molecule has 2 aromatic carbocycles. The van der Waals surface area contributed by atoms with Crippen LogP contribution in [-0.4, -0.2) is 5.78 Å². The predicted molar refractivity (Wildman–Crippen MR) is 91.8 cm³/mol. The quantitative estimate of drug-likeness (QED) is 0.661. The fourth-order valence-corrected chi connectivity index (χ4v) is 2.07. The number of rotatable bonds is 2. The second-order valence-electron chi connectivity index (χ2n) is 5.29. The highest BCUT2D eigenvalue weighted by molar-refractivity contribution is 5.94. The zero-order valence-corrected chi connectivity index (χ0v) is 13.6. The normalized spacial score (nSPS) is 10.1. The molecule has 0 radical (unpaired) electrons. The van der Waals surface area contributed by atoms with E-state index in [4.69, 9.17) is 0 Å². The zero-order valence-electron chi connectivity index (χ0n) is 13.6. The fraction of sp³-hybridized carbons (Fsp3) is 0.250. The van der Waals surface area contributed by atoms with Gasteiger partial charge in [0.1, 0.15) is 0 Å². The minimum absolute atomic E-state index is 0.120. The number of Topliss-reactive ketones (excluding diaryl/α,β-unsaturated/α-hetero) is 1. The van der Waals surface area contributed by atoms with E-state index in [1.807, 2.05) is 44.2 Å². The first-order chi connectivity index (χ1) is 9.93. The van der Waals surface area contributed by atoms with Gasteiger partial charge in [0.25, 0.3) is 0 Å². The highest BCUT2D eigenvalue weighted by Gasteiger charge is 2.00. The van der Waals surface area contributed by atoms with E-state index in [9.17, 15) is 4.79 Å². The van der Waals surface area contributed by atoms with Crippen molar-refractivity contribution >= 4 is 11.9 Å². The van der Waals surface area contributed by atoms with Gasteiger partial charge in [0.15, 0.2) is 5.78 Å². The van der Waals surface area contributed by atoms with Crippen LogP contribution >= 0.6 is 0 Å². The third-order valence-corrected chi connectivity index (χ3v) is 3.20. The van der Waals surface area contributed by atoms with Crippen molar-refractivity contribution < 1.29 is 4.79 Å². The van der Waals surface area contributed by atoms with Crippen LogP contribution in [0.25, 0.3) is 6.08 Å². The maximum absolute atomic E-state index is 11.0. The Morgan fingerprint density at radius 2 is 1.57 bits per heavy atom. The Hall–Kier alpha value is -2.15. The molecular formula is C20H24O. The van der Waals surface area contributed by atoms with Crippen molar-refractivity contribution in [3.63, 3.8) is 0 Å². The van der Waals surface area contributed by atoms with E-state index in [-0.39, 0.29) is 5.78 Å². The Bertz CT molecular complexity index is 619. The second-order valence-corrected chi connectivity index (χ2v) is 5.29. The van der Waals surface area contributed by atoms with Gasteiger partial charge >= 0.3 is 0 Å². The van der Waals surface area contributed by atoms with E-state index < -0.39 is 0 Å². The van der Waals surface area contributed by atoms with Crippen LogP contribution in [0.4, 0.5) is 0 Å². The van der Waals surface area contributed by atoms with Crippen LogP contribution < -0.4 is 0 Å². The Labute approximate surface area is 128 Å². The summed E-state index contributed by atoms with van der Waals surface area (Å²) in [5.41, 5.74) is 5.78. The molecule has 1 heteroatoms. The standard InChI is InChI=1S/C12H14O.C8H10/c1-4-5-11-6-7-12(10(3)13)8-9(11)2;1-7-4-3-5-8(2)6-7/h4-8H,1-3H3;3-6H,1-2H3/b5-4-;. The van der Waals surface area contributed by atoms with Crippen LogP contribution in [-0.2, 0) is 0 Å². The first-order valence-electron chi connectivity index (χ1n) is 7.21. The van der Waals surface area contributed by atoms with Crippen molar-refractivity contribution in [3.8, 4) is 0 Å². The molecule has 0 bridgehead atoms. The van der Waals surface area contributed by atoms with Gasteiger partial charge in [0.2, 0.25) is 0 Å². The first-order valence-corrected chi connectivity index (χ1v) is 7.21. The smallest absolute Gasteiger partial charge is 0.159 e. The first kappa shape index (κ1) is 16.9. The van der Waals surface area contributed by atoms with E-state index in [0.29, 0.717) is 0 Å². The summed E-state index contributed by atoms with van der Waals surface area (Å²) in [5, 5.41) is 0. The maximum Gasteiger partial charge on any atom is 0.159 e.